The largest absolute Gasteiger partial charge is 0.505 e. The summed E-state index contributed by atoms with van der Waals surface area (Å²) < 4.78 is 2.96. The molecule has 1 N–H and O–H groups in total. The molecule has 0 atom stereocenters. The van der Waals surface area contributed by atoms with Crippen molar-refractivity contribution in [1.29, 1.82) is 0 Å². The lowest BCUT2D eigenvalue weighted by Gasteiger charge is -2.04. The summed E-state index contributed by atoms with van der Waals surface area (Å²) in [5.41, 5.74) is 2.99. The third kappa shape index (κ3) is 2.84. The van der Waals surface area contributed by atoms with E-state index in [0.717, 1.165) is 10.9 Å². The van der Waals surface area contributed by atoms with Crippen LogP contribution in [0.25, 0.3) is 22.2 Å². The Morgan fingerprint density at radius 1 is 1.04 bits per heavy atom. The number of phenols is 1. The lowest BCUT2D eigenvalue weighted by molar-refractivity contribution is 0.482. The highest BCUT2D eigenvalue weighted by Gasteiger charge is 2.12. The van der Waals surface area contributed by atoms with Crippen LogP contribution < -0.4 is 0 Å². The van der Waals surface area contributed by atoms with Crippen molar-refractivity contribution in [3.05, 3.63) is 70.1 Å². The van der Waals surface area contributed by atoms with Gasteiger partial charge < -0.3 is 5.11 Å². The number of hydrogen-bond donors (Lipinski definition) is 1. The Morgan fingerprint density at radius 3 is 2.71 bits per heavy atom. The summed E-state index contributed by atoms with van der Waals surface area (Å²) in [7, 11) is 0. The molecule has 118 valence electrons. The number of fused-ring (bicyclic) bond motifs is 1. The van der Waals surface area contributed by atoms with Crippen molar-refractivity contribution < 1.29 is 5.11 Å². The maximum Gasteiger partial charge on any atom is 0.151 e. The van der Waals surface area contributed by atoms with E-state index in [-0.39, 0.29) is 5.75 Å². The highest BCUT2D eigenvalue weighted by atomic mass is 127. The minimum Gasteiger partial charge on any atom is -0.505 e. The van der Waals surface area contributed by atoms with Crippen LogP contribution in [-0.2, 0) is 6.54 Å². The number of hydrogen-bond acceptors (Lipinski definition) is 4. The fraction of sp³-hybridized carbons (Fsp3) is 0.0556. The zero-order valence-electron chi connectivity index (χ0n) is 12.6. The molecule has 0 aliphatic carbocycles. The van der Waals surface area contributed by atoms with Crippen molar-refractivity contribution in [3.8, 4) is 17.0 Å². The van der Waals surface area contributed by atoms with Gasteiger partial charge in [0.25, 0.3) is 0 Å². The van der Waals surface area contributed by atoms with E-state index in [0.29, 0.717) is 23.3 Å². The number of aromatic nitrogens is 4. The summed E-state index contributed by atoms with van der Waals surface area (Å²) in [4.78, 5) is 4.24. The molecule has 0 amide bonds. The summed E-state index contributed by atoms with van der Waals surface area (Å²) >= 11 is 2.28. The third-order valence-corrected chi connectivity index (χ3v) is 4.54. The van der Waals surface area contributed by atoms with Gasteiger partial charge in [0.05, 0.1) is 12.7 Å². The highest BCUT2D eigenvalue weighted by molar-refractivity contribution is 14.1. The van der Waals surface area contributed by atoms with Crippen LogP contribution in [0.4, 0.5) is 0 Å². The predicted molar refractivity (Wildman–Crippen MR) is 101 cm³/mol. The van der Waals surface area contributed by atoms with Crippen LogP contribution in [0.5, 0.6) is 5.75 Å². The second kappa shape index (κ2) is 6.20. The number of phenolic OH excluding ortho intramolecular Hbond substituents is 1. The van der Waals surface area contributed by atoms with Crippen LogP contribution >= 0.6 is 22.6 Å². The van der Waals surface area contributed by atoms with E-state index in [4.69, 9.17) is 0 Å². The normalized spacial score (nSPS) is 11.0. The van der Waals surface area contributed by atoms with Crippen LogP contribution in [0.15, 0.2) is 60.9 Å². The molecule has 0 radical (unpaired) electrons. The molecule has 4 rings (SSSR count). The van der Waals surface area contributed by atoms with Crippen LogP contribution in [-0.4, -0.2) is 25.1 Å². The Bertz CT molecular complexity index is 1010. The van der Waals surface area contributed by atoms with Gasteiger partial charge in [-0.25, -0.2) is 4.68 Å². The first-order valence-corrected chi connectivity index (χ1v) is 8.50. The van der Waals surface area contributed by atoms with E-state index >= 15 is 0 Å². The average molecular weight is 428 g/mol. The van der Waals surface area contributed by atoms with E-state index in [2.05, 4.69) is 62.2 Å². The Morgan fingerprint density at radius 2 is 1.88 bits per heavy atom. The van der Waals surface area contributed by atoms with Crippen LogP contribution in [0.3, 0.4) is 0 Å². The van der Waals surface area contributed by atoms with Gasteiger partial charge in [0.1, 0.15) is 11.2 Å². The lowest BCUT2D eigenvalue weighted by Crippen LogP contribution is -2.00. The molecule has 0 spiro atoms. The zero-order valence-corrected chi connectivity index (χ0v) is 14.8. The molecular weight excluding hydrogens is 415 g/mol. The summed E-state index contributed by atoms with van der Waals surface area (Å²) in [5.74, 6) is 0.134. The Kier molecular flexibility index (Phi) is 3.89. The Balaban J connectivity index is 1.67. The molecule has 24 heavy (non-hydrogen) atoms. The van der Waals surface area contributed by atoms with E-state index in [9.17, 15) is 5.11 Å². The van der Waals surface area contributed by atoms with Gasteiger partial charge in [0, 0.05) is 20.7 Å². The Hall–Kier alpha value is -2.48. The number of benzene rings is 2. The quantitative estimate of drug-likeness (QED) is 0.504. The summed E-state index contributed by atoms with van der Waals surface area (Å²) in [6.07, 6.45) is 3.50. The predicted octanol–water partition coefficient (Wildman–Crippen LogP) is 3.85. The van der Waals surface area contributed by atoms with Crippen LogP contribution in [0.1, 0.15) is 5.56 Å². The first-order chi connectivity index (χ1) is 11.7. The van der Waals surface area contributed by atoms with Crippen molar-refractivity contribution >= 4 is 33.5 Å². The maximum absolute atomic E-state index is 10.5. The molecule has 0 unspecified atom stereocenters. The number of nitrogens with zero attached hydrogens (tertiary/aromatic N) is 4. The minimum absolute atomic E-state index is 0.134. The van der Waals surface area contributed by atoms with Gasteiger partial charge in [-0.1, -0.05) is 29.5 Å². The molecule has 2 heterocycles. The van der Waals surface area contributed by atoms with E-state index < -0.39 is 0 Å². The molecule has 0 fully saturated rings. The average Bonchev–Trinajstić information content (AvgIpc) is 3.06. The second-order valence-corrected chi connectivity index (χ2v) is 6.71. The molecule has 2 aromatic heterocycles. The van der Waals surface area contributed by atoms with E-state index in [1.54, 1.807) is 10.9 Å². The van der Waals surface area contributed by atoms with Crippen molar-refractivity contribution in [2.45, 2.75) is 6.54 Å². The van der Waals surface area contributed by atoms with Crippen molar-refractivity contribution in [3.63, 3.8) is 0 Å². The van der Waals surface area contributed by atoms with E-state index in [1.807, 2.05) is 30.5 Å². The molecule has 0 saturated carbocycles. The number of rotatable bonds is 3. The van der Waals surface area contributed by atoms with Crippen LogP contribution in [0, 0.1) is 3.57 Å². The van der Waals surface area contributed by atoms with Gasteiger partial charge in [0.15, 0.2) is 5.75 Å². The van der Waals surface area contributed by atoms with E-state index in [1.165, 1.54) is 3.57 Å². The zero-order chi connectivity index (χ0) is 16.5. The molecular formula is C18H13IN4O. The fourth-order valence-corrected chi connectivity index (χ4v) is 2.97. The van der Waals surface area contributed by atoms with Gasteiger partial charge in [-0.05, 0) is 52.4 Å². The monoisotopic (exact) mass is 428 g/mol. The van der Waals surface area contributed by atoms with Gasteiger partial charge >= 0.3 is 0 Å². The van der Waals surface area contributed by atoms with Crippen molar-refractivity contribution in [2.75, 3.05) is 0 Å². The summed E-state index contributed by atoms with van der Waals surface area (Å²) in [6.45, 7) is 0.635. The Labute approximate surface area is 152 Å². The highest BCUT2D eigenvalue weighted by Crippen LogP contribution is 2.33. The number of pyridine rings is 1. The first kappa shape index (κ1) is 15.1. The standard InChI is InChI=1S/C18H13IN4O/c19-14-6-3-12(4-7-14)10-23-11-16(21-22-23)15-8-5-13-2-1-9-20-17(13)18(15)24/h1-9,11,24H,10H2. The van der Waals surface area contributed by atoms with Gasteiger partial charge in [-0.15, -0.1) is 5.10 Å². The first-order valence-electron chi connectivity index (χ1n) is 7.42. The molecule has 6 heteroatoms. The summed E-state index contributed by atoms with van der Waals surface area (Å²) in [5, 5.41) is 19.7. The molecule has 0 bridgehead atoms. The third-order valence-electron chi connectivity index (χ3n) is 3.82. The van der Waals surface area contributed by atoms with Gasteiger partial charge in [-0.2, -0.15) is 0 Å². The smallest absolute Gasteiger partial charge is 0.151 e. The molecule has 0 saturated heterocycles. The topological polar surface area (TPSA) is 63.8 Å². The molecule has 4 aromatic rings. The summed E-state index contributed by atoms with van der Waals surface area (Å²) in [6, 6.07) is 15.8. The maximum atomic E-state index is 10.5. The lowest BCUT2D eigenvalue weighted by atomic mass is 10.1. The van der Waals surface area contributed by atoms with Crippen molar-refractivity contribution in [2.24, 2.45) is 0 Å². The van der Waals surface area contributed by atoms with Gasteiger partial charge in [0.2, 0.25) is 0 Å². The number of aromatic hydroxyl groups is 1. The molecule has 0 aliphatic rings. The van der Waals surface area contributed by atoms with Crippen molar-refractivity contribution in [1.82, 2.24) is 20.0 Å². The number of halogens is 1. The second-order valence-electron chi connectivity index (χ2n) is 5.46. The molecule has 2 aromatic carbocycles. The fourth-order valence-electron chi connectivity index (χ4n) is 2.61. The molecule has 5 nitrogen and oxygen atoms in total. The SMILES string of the molecule is Oc1c(-c2cn(Cc3ccc(I)cc3)nn2)ccc2cccnc12. The van der Waals surface area contributed by atoms with Gasteiger partial charge in [-0.3, -0.25) is 4.98 Å². The minimum atomic E-state index is 0.134. The molecule has 0 aliphatic heterocycles. The van der Waals surface area contributed by atoms with Crippen LogP contribution in [0.2, 0.25) is 0 Å².